The van der Waals surface area contributed by atoms with E-state index in [-0.39, 0.29) is 17.6 Å². The van der Waals surface area contributed by atoms with Crippen LogP contribution in [0.25, 0.3) is 17.1 Å². The van der Waals surface area contributed by atoms with Gasteiger partial charge in [-0.1, -0.05) is 55.9 Å². The number of aromatic nitrogens is 3. The lowest BCUT2D eigenvalue weighted by atomic mass is 9.99. The molecular formula is C31H29F3N6O2S. The molecule has 8 nitrogen and oxygen atoms in total. The monoisotopic (exact) mass is 606 g/mol. The van der Waals surface area contributed by atoms with E-state index in [9.17, 15) is 22.8 Å². The summed E-state index contributed by atoms with van der Waals surface area (Å²) in [6.45, 7) is 6.39. The summed E-state index contributed by atoms with van der Waals surface area (Å²) in [4.78, 5) is 35.6. The number of amidine groups is 1. The number of carbonyl (C=O) groups excluding carboxylic acids is 2. The molecule has 1 aliphatic rings. The third-order valence-corrected chi connectivity index (χ3v) is 7.76. The second-order valence-corrected chi connectivity index (χ2v) is 11.3. The van der Waals surface area contributed by atoms with Crippen LogP contribution in [0.15, 0.2) is 78.0 Å². The van der Waals surface area contributed by atoms with Gasteiger partial charge in [-0.05, 0) is 72.4 Å². The maximum Gasteiger partial charge on any atom is 0.416 e. The van der Waals surface area contributed by atoms with E-state index in [1.807, 2.05) is 49.4 Å². The number of benzene rings is 3. The van der Waals surface area contributed by atoms with Crippen molar-refractivity contribution in [1.29, 1.82) is 0 Å². The summed E-state index contributed by atoms with van der Waals surface area (Å²) < 4.78 is 40.0. The second-order valence-electron chi connectivity index (χ2n) is 10.4. The highest BCUT2D eigenvalue weighted by atomic mass is 32.2. The average Bonchev–Trinajstić information content (AvgIpc) is 3.60. The normalized spacial score (nSPS) is 14.6. The quantitative estimate of drug-likeness (QED) is 0.251. The molecule has 0 spiro atoms. The summed E-state index contributed by atoms with van der Waals surface area (Å²) in [6, 6.07) is 17.6. The van der Waals surface area contributed by atoms with Crippen LogP contribution >= 0.6 is 11.8 Å². The first-order valence-corrected chi connectivity index (χ1v) is 14.6. The van der Waals surface area contributed by atoms with Crippen molar-refractivity contribution in [3.8, 4) is 17.1 Å². The van der Waals surface area contributed by atoms with Crippen molar-refractivity contribution >= 4 is 34.6 Å². The molecule has 0 bridgehead atoms. The second kappa shape index (κ2) is 12.4. The van der Waals surface area contributed by atoms with E-state index in [2.05, 4.69) is 34.2 Å². The standard InChI is InChI=1S/C31H29F3N6O2S/c1-19(2)25-12-7-20(3)15-26(25)40-27(41)17-43-30(40)37-29(42)35-14-13-21-5-4-6-22(16-21)28-36-18-39(38-28)24-10-8-23(9-11-24)31(32,33)34/h4-12,15-16,18-19H,13-14,17H2,1-3H3,(H,35,42). The Morgan fingerprint density at radius 3 is 2.58 bits per heavy atom. The van der Waals surface area contributed by atoms with Gasteiger partial charge in [0, 0.05) is 12.1 Å². The third-order valence-electron chi connectivity index (χ3n) is 6.84. The molecule has 12 heteroatoms. The number of aryl methyl sites for hydroxylation is 1. The number of hydrogen-bond donors (Lipinski definition) is 1. The Morgan fingerprint density at radius 1 is 1.09 bits per heavy atom. The molecule has 1 fully saturated rings. The summed E-state index contributed by atoms with van der Waals surface area (Å²) in [6.07, 6.45) is -2.46. The van der Waals surface area contributed by atoms with E-state index in [1.54, 1.807) is 0 Å². The Morgan fingerprint density at radius 2 is 1.86 bits per heavy atom. The summed E-state index contributed by atoms with van der Waals surface area (Å²) in [7, 11) is 0. The number of amides is 3. The minimum Gasteiger partial charge on any atom is -0.336 e. The van der Waals surface area contributed by atoms with Gasteiger partial charge in [0.2, 0.25) is 5.91 Å². The molecule has 0 saturated carbocycles. The van der Waals surface area contributed by atoms with Gasteiger partial charge in [0.1, 0.15) is 6.33 Å². The third kappa shape index (κ3) is 6.96. The van der Waals surface area contributed by atoms with Gasteiger partial charge in [0.25, 0.3) is 0 Å². The van der Waals surface area contributed by atoms with Crippen LogP contribution in [0.5, 0.6) is 0 Å². The van der Waals surface area contributed by atoms with Crippen LogP contribution in [-0.2, 0) is 17.4 Å². The van der Waals surface area contributed by atoms with Crippen LogP contribution in [0, 0.1) is 6.92 Å². The molecule has 222 valence electrons. The fraction of sp³-hybridized carbons (Fsp3) is 0.258. The Bertz CT molecular complexity index is 1680. The van der Waals surface area contributed by atoms with Crippen molar-refractivity contribution in [2.24, 2.45) is 4.99 Å². The number of halogens is 3. The number of aliphatic imine (C=N–C) groups is 1. The van der Waals surface area contributed by atoms with Gasteiger partial charge < -0.3 is 5.32 Å². The number of carbonyl (C=O) groups is 2. The molecule has 4 aromatic rings. The Kier molecular flexibility index (Phi) is 8.67. The number of nitrogens with zero attached hydrogens (tertiary/aromatic N) is 5. The highest BCUT2D eigenvalue weighted by Crippen LogP contribution is 2.34. The summed E-state index contributed by atoms with van der Waals surface area (Å²) in [5, 5.41) is 7.57. The number of hydrogen-bond acceptors (Lipinski definition) is 5. The van der Waals surface area contributed by atoms with Gasteiger partial charge in [0.05, 0.1) is 22.7 Å². The molecule has 3 aromatic carbocycles. The molecule has 1 saturated heterocycles. The molecule has 0 unspecified atom stereocenters. The molecular weight excluding hydrogens is 577 g/mol. The van der Waals surface area contributed by atoms with Gasteiger partial charge in [-0.25, -0.2) is 14.5 Å². The maximum atomic E-state index is 12.9. The van der Waals surface area contributed by atoms with Crippen LogP contribution in [-0.4, -0.2) is 44.2 Å². The zero-order chi connectivity index (χ0) is 30.7. The molecule has 0 radical (unpaired) electrons. The lowest BCUT2D eigenvalue weighted by molar-refractivity contribution is -0.137. The first kappa shape index (κ1) is 30.0. The minimum atomic E-state index is -4.41. The smallest absolute Gasteiger partial charge is 0.336 e. The molecule has 43 heavy (non-hydrogen) atoms. The van der Waals surface area contributed by atoms with Crippen molar-refractivity contribution < 1.29 is 22.8 Å². The van der Waals surface area contributed by atoms with Crippen molar-refractivity contribution in [2.75, 3.05) is 17.2 Å². The number of rotatable bonds is 7. The highest BCUT2D eigenvalue weighted by Gasteiger charge is 2.32. The van der Waals surface area contributed by atoms with Gasteiger partial charge in [-0.3, -0.25) is 9.69 Å². The van der Waals surface area contributed by atoms with Gasteiger partial charge in [0.15, 0.2) is 11.0 Å². The zero-order valence-electron chi connectivity index (χ0n) is 23.7. The minimum absolute atomic E-state index is 0.116. The number of anilines is 1. The Balaban J connectivity index is 1.22. The van der Waals surface area contributed by atoms with Gasteiger partial charge in [-0.15, -0.1) is 5.10 Å². The number of urea groups is 1. The van der Waals surface area contributed by atoms with Crippen LogP contribution < -0.4 is 10.2 Å². The fourth-order valence-electron chi connectivity index (χ4n) is 4.65. The molecule has 1 N–H and O–H groups in total. The topological polar surface area (TPSA) is 92.5 Å². The first-order valence-electron chi connectivity index (χ1n) is 13.6. The largest absolute Gasteiger partial charge is 0.416 e. The Labute approximate surface area is 251 Å². The van der Waals surface area contributed by atoms with E-state index in [1.165, 1.54) is 39.8 Å². The lowest BCUT2D eigenvalue weighted by Crippen LogP contribution is -2.32. The maximum absolute atomic E-state index is 12.9. The first-order chi connectivity index (χ1) is 20.5. The molecule has 0 aliphatic carbocycles. The number of alkyl halides is 3. The molecule has 2 heterocycles. The van der Waals surface area contributed by atoms with E-state index in [0.29, 0.717) is 29.6 Å². The molecule has 1 aliphatic heterocycles. The summed E-state index contributed by atoms with van der Waals surface area (Å²) >= 11 is 1.24. The van der Waals surface area contributed by atoms with Gasteiger partial charge >= 0.3 is 12.2 Å². The fourth-order valence-corrected chi connectivity index (χ4v) is 5.50. The zero-order valence-corrected chi connectivity index (χ0v) is 24.5. The van der Waals surface area contributed by atoms with Gasteiger partial charge in [-0.2, -0.15) is 18.2 Å². The van der Waals surface area contributed by atoms with Crippen molar-refractivity contribution in [3.63, 3.8) is 0 Å². The van der Waals surface area contributed by atoms with Crippen LogP contribution in [0.4, 0.5) is 23.7 Å². The Hall–Kier alpha value is -4.45. The van der Waals surface area contributed by atoms with Crippen molar-refractivity contribution in [2.45, 2.75) is 39.3 Å². The summed E-state index contributed by atoms with van der Waals surface area (Å²) in [5.41, 5.74) is 4.14. The molecule has 5 rings (SSSR count). The van der Waals surface area contributed by atoms with E-state index in [4.69, 9.17) is 0 Å². The molecule has 1 aromatic heterocycles. The predicted molar refractivity (Wildman–Crippen MR) is 162 cm³/mol. The molecule has 0 atom stereocenters. The number of nitrogens with one attached hydrogen (secondary N) is 1. The highest BCUT2D eigenvalue weighted by molar-refractivity contribution is 8.15. The SMILES string of the molecule is Cc1ccc(C(C)C)c(N2C(=O)CSC2=NC(=O)NCCc2cccc(-c3ncn(-c4ccc(C(F)(F)F)cc4)n3)c2)c1. The van der Waals surface area contributed by atoms with E-state index < -0.39 is 17.8 Å². The van der Waals surface area contributed by atoms with E-state index in [0.717, 1.165) is 40.1 Å². The van der Waals surface area contributed by atoms with Crippen molar-refractivity contribution in [1.82, 2.24) is 20.1 Å². The summed E-state index contributed by atoms with van der Waals surface area (Å²) in [5.74, 6) is 0.702. The van der Waals surface area contributed by atoms with E-state index >= 15 is 0 Å². The van der Waals surface area contributed by atoms with Crippen LogP contribution in [0.3, 0.4) is 0 Å². The number of thioether (sulfide) groups is 1. The predicted octanol–water partition coefficient (Wildman–Crippen LogP) is 6.77. The average molecular weight is 607 g/mol. The lowest BCUT2D eigenvalue weighted by Gasteiger charge is -2.22. The van der Waals surface area contributed by atoms with Crippen LogP contribution in [0.1, 0.15) is 42.0 Å². The van der Waals surface area contributed by atoms with Crippen LogP contribution in [0.2, 0.25) is 0 Å². The van der Waals surface area contributed by atoms with Crippen molar-refractivity contribution in [3.05, 3.63) is 95.3 Å². The molecule has 3 amide bonds.